The van der Waals surface area contributed by atoms with E-state index >= 15 is 0 Å². The topological polar surface area (TPSA) is 94.2 Å². The van der Waals surface area contributed by atoms with Crippen molar-refractivity contribution in [2.24, 2.45) is 5.73 Å². The van der Waals surface area contributed by atoms with E-state index in [-0.39, 0.29) is 0 Å². The predicted octanol–water partition coefficient (Wildman–Crippen LogP) is 3.59. The number of nitrogens with one attached hydrogen (secondary N) is 2. The Bertz CT molecular complexity index is 1120. The van der Waals surface area contributed by atoms with Crippen molar-refractivity contribution in [1.82, 2.24) is 9.78 Å². The number of carbonyl (C=O) groups excluding carboxylic acids is 1. The summed E-state index contributed by atoms with van der Waals surface area (Å²) in [6.45, 7) is 4.82. The third kappa shape index (κ3) is 2.98. The van der Waals surface area contributed by atoms with Gasteiger partial charge in [-0.1, -0.05) is 30.3 Å². The van der Waals surface area contributed by atoms with Crippen LogP contribution in [0.4, 0.5) is 11.5 Å². The van der Waals surface area contributed by atoms with Crippen LogP contribution in [0, 0.1) is 6.92 Å². The number of nitrogens with zero attached hydrogens (tertiary/aromatic N) is 2. The van der Waals surface area contributed by atoms with Crippen LogP contribution in [0.2, 0.25) is 0 Å². The van der Waals surface area contributed by atoms with Gasteiger partial charge < -0.3 is 21.1 Å². The molecule has 2 aromatic carbocycles. The van der Waals surface area contributed by atoms with E-state index < -0.39 is 11.4 Å². The number of methoxy groups -OCH3 is 1. The first-order valence-corrected chi connectivity index (χ1v) is 10.00. The maximum atomic E-state index is 12.5. The Labute approximate surface area is 176 Å². The van der Waals surface area contributed by atoms with Crippen molar-refractivity contribution in [2.45, 2.75) is 25.8 Å². The molecule has 0 saturated heterocycles. The number of aryl methyl sites for hydroxylation is 1. The molecule has 0 bridgehead atoms. The third-order valence-corrected chi connectivity index (χ3v) is 5.96. The van der Waals surface area contributed by atoms with E-state index in [9.17, 15) is 4.79 Å². The Balaban J connectivity index is 1.96. The van der Waals surface area contributed by atoms with Crippen LogP contribution in [0.1, 0.15) is 34.8 Å². The van der Waals surface area contributed by atoms with Gasteiger partial charge in [0.15, 0.2) is 0 Å². The van der Waals surface area contributed by atoms with Gasteiger partial charge in [0.1, 0.15) is 22.8 Å². The fourth-order valence-corrected chi connectivity index (χ4v) is 4.29. The van der Waals surface area contributed by atoms with E-state index in [4.69, 9.17) is 15.6 Å². The number of anilines is 2. The highest BCUT2D eigenvalue weighted by atomic mass is 16.5. The second kappa shape index (κ2) is 7.40. The van der Waals surface area contributed by atoms with E-state index in [1.807, 2.05) is 55.1 Å². The minimum Gasteiger partial charge on any atom is -0.496 e. The lowest BCUT2D eigenvalue weighted by Crippen LogP contribution is -2.40. The van der Waals surface area contributed by atoms with Gasteiger partial charge >= 0.3 is 0 Å². The number of carbonyl (C=O) groups is 1. The molecule has 1 atom stereocenters. The van der Waals surface area contributed by atoms with Crippen LogP contribution < -0.4 is 21.1 Å². The molecule has 1 amide bonds. The van der Waals surface area contributed by atoms with Crippen LogP contribution in [0.3, 0.4) is 0 Å². The maximum absolute atomic E-state index is 12.5. The first-order valence-electron chi connectivity index (χ1n) is 10.00. The number of primary amides is 1. The van der Waals surface area contributed by atoms with Crippen molar-refractivity contribution in [3.63, 3.8) is 0 Å². The van der Waals surface area contributed by atoms with Gasteiger partial charge in [-0.2, -0.15) is 5.10 Å². The molecular weight excluding hydrogens is 378 g/mol. The maximum Gasteiger partial charge on any atom is 0.254 e. The van der Waals surface area contributed by atoms with Crippen molar-refractivity contribution < 1.29 is 9.53 Å². The summed E-state index contributed by atoms with van der Waals surface area (Å²) in [5.74, 6) is 0.881. The largest absolute Gasteiger partial charge is 0.496 e. The number of hydrogen-bond acceptors (Lipinski definition) is 5. The molecule has 1 unspecified atom stereocenters. The number of aromatic nitrogens is 2. The molecule has 0 spiro atoms. The number of rotatable bonds is 5. The van der Waals surface area contributed by atoms with Crippen molar-refractivity contribution in [1.29, 1.82) is 0 Å². The predicted molar refractivity (Wildman–Crippen MR) is 119 cm³/mol. The van der Waals surface area contributed by atoms with Gasteiger partial charge in [-0.15, -0.1) is 0 Å². The molecule has 156 valence electrons. The van der Waals surface area contributed by atoms with Crippen LogP contribution in [0.15, 0.2) is 42.5 Å². The van der Waals surface area contributed by atoms with Gasteiger partial charge in [-0.05, 0) is 38.0 Å². The van der Waals surface area contributed by atoms with Gasteiger partial charge in [0.2, 0.25) is 0 Å². The monoisotopic (exact) mass is 405 g/mol. The number of fused-ring (bicyclic) bond motifs is 1. The van der Waals surface area contributed by atoms with Gasteiger partial charge in [0, 0.05) is 30.4 Å². The first-order chi connectivity index (χ1) is 14.4. The molecule has 30 heavy (non-hydrogen) atoms. The molecule has 1 aliphatic heterocycles. The summed E-state index contributed by atoms with van der Waals surface area (Å²) in [7, 11) is 3.54. The Morgan fingerprint density at radius 1 is 1.30 bits per heavy atom. The van der Waals surface area contributed by atoms with Crippen LogP contribution in [0.5, 0.6) is 5.75 Å². The number of ether oxygens (including phenoxy) is 1. The van der Waals surface area contributed by atoms with Crippen molar-refractivity contribution in [2.75, 3.05) is 31.3 Å². The first kappa shape index (κ1) is 19.8. The molecular formula is C23H27N5O2. The molecule has 7 nitrogen and oxygen atoms in total. The van der Waals surface area contributed by atoms with E-state index in [2.05, 4.69) is 23.6 Å². The molecule has 1 aromatic heterocycles. The van der Waals surface area contributed by atoms with Gasteiger partial charge in [-0.25, -0.2) is 4.68 Å². The number of amides is 1. The third-order valence-electron chi connectivity index (χ3n) is 5.96. The molecule has 2 heterocycles. The van der Waals surface area contributed by atoms with Crippen molar-refractivity contribution in [3.05, 3.63) is 59.2 Å². The number of nitrogens with two attached hydrogens (primary N) is 1. The molecule has 3 aromatic rings. The standard InChI is InChI=1S/C23H27N5O2/c1-14-9-10-15(13-18(14)30-4)20-19(21(24)29)22-26-12-11-23(2,28(22)27-20)16-7-5-6-8-17(16)25-3/h5-10,13,25-26H,11-12H2,1-4H3,(H2,24,29). The Morgan fingerprint density at radius 2 is 2.07 bits per heavy atom. The van der Waals surface area contributed by atoms with E-state index in [0.29, 0.717) is 23.6 Å². The normalized spacial score (nSPS) is 17.7. The molecule has 0 radical (unpaired) electrons. The summed E-state index contributed by atoms with van der Waals surface area (Å²) in [6, 6.07) is 14.0. The van der Waals surface area contributed by atoms with Crippen molar-refractivity contribution in [3.8, 4) is 17.0 Å². The van der Waals surface area contributed by atoms with Gasteiger partial charge in [0.05, 0.1) is 12.6 Å². The smallest absolute Gasteiger partial charge is 0.254 e. The van der Waals surface area contributed by atoms with Crippen LogP contribution in [-0.4, -0.2) is 36.4 Å². The molecule has 0 aliphatic carbocycles. The fourth-order valence-electron chi connectivity index (χ4n) is 4.29. The summed E-state index contributed by atoms with van der Waals surface area (Å²) in [5, 5.41) is 11.6. The quantitative estimate of drug-likeness (QED) is 0.603. The Kier molecular flexibility index (Phi) is 4.89. The lowest BCUT2D eigenvalue weighted by atomic mass is 9.86. The number of benzene rings is 2. The highest BCUT2D eigenvalue weighted by molar-refractivity contribution is 6.04. The lowest BCUT2D eigenvalue weighted by molar-refractivity contribution is 0.100. The van der Waals surface area contributed by atoms with Crippen LogP contribution >= 0.6 is 0 Å². The SMILES string of the molecule is CNc1ccccc1C1(C)CCNc2c(C(N)=O)c(-c3ccc(C)c(OC)c3)nn21. The lowest BCUT2D eigenvalue weighted by Gasteiger charge is -2.37. The summed E-state index contributed by atoms with van der Waals surface area (Å²) in [4.78, 5) is 12.5. The average Bonchev–Trinajstić information content (AvgIpc) is 3.15. The average molecular weight is 406 g/mol. The van der Waals surface area contributed by atoms with Crippen LogP contribution in [-0.2, 0) is 5.54 Å². The summed E-state index contributed by atoms with van der Waals surface area (Å²) in [6.07, 6.45) is 0.815. The van der Waals surface area contributed by atoms with Crippen LogP contribution in [0.25, 0.3) is 11.3 Å². The molecule has 1 aliphatic rings. The van der Waals surface area contributed by atoms with E-state index in [0.717, 1.165) is 34.5 Å². The van der Waals surface area contributed by atoms with E-state index in [1.54, 1.807) is 7.11 Å². The van der Waals surface area contributed by atoms with Gasteiger partial charge in [-0.3, -0.25) is 4.79 Å². The molecule has 4 N–H and O–H groups in total. The number of para-hydroxylation sites is 1. The zero-order valence-corrected chi connectivity index (χ0v) is 17.7. The fraction of sp³-hybridized carbons (Fsp3) is 0.304. The molecule has 0 fully saturated rings. The van der Waals surface area contributed by atoms with Crippen molar-refractivity contribution >= 4 is 17.4 Å². The Morgan fingerprint density at radius 3 is 2.77 bits per heavy atom. The minimum absolute atomic E-state index is 0.397. The molecule has 7 heteroatoms. The molecule has 4 rings (SSSR count). The zero-order chi connectivity index (χ0) is 21.5. The second-order valence-electron chi connectivity index (χ2n) is 7.78. The van der Waals surface area contributed by atoms with Gasteiger partial charge in [0.25, 0.3) is 5.91 Å². The Hall–Kier alpha value is -3.48. The minimum atomic E-state index is -0.510. The summed E-state index contributed by atoms with van der Waals surface area (Å²) in [5.41, 5.74) is 10.3. The van der Waals surface area contributed by atoms with E-state index in [1.165, 1.54) is 0 Å². The second-order valence-corrected chi connectivity index (χ2v) is 7.78. The highest BCUT2D eigenvalue weighted by Crippen LogP contribution is 2.42. The zero-order valence-electron chi connectivity index (χ0n) is 17.7. The summed E-state index contributed by atoms with van der Waals surface area (Å²) >= 11 is 0. The molecule has 0 saturated carbocycles. The number of hydrogen-bond donors (Lipinski definition) is 3. The summed E-state index contributed by atoms with van der Waals surface area (Å²) < 4.78 is 7.39. The highest BCUT2D eigenvalue weighted by Gasteiger charge is 2.39.